The fourth-order valence-corrected chi connectivity index (χ4v) is 4.11. The second kappa shape index (κ2) is 11.7. The van der Waals surface area contributed by atoms with Crippen molar-refractivity contribution >= 4 is 0 Å². The van der Waals surface area contributed by atoms with Gasteiger partial charge in [-0.3, -0.25) is 0 Å². The van der Waals surface area contributed by atoms with Crippen LogP contribution in [-0.2, 0) is 20.3 Å². The molecule has 0 radical (unpaired) electrons. The third-order valence-electron chi connectivity index (χ3n) is 5.92. The van der Waals surface area contributed by atoms with E-state index < -0.39 is 52.6 Å². The van der Waals surface area contributed by atoms with Gasteiger partial charge >= 0.3 is 6.11 Å². The fourth-order valence-electron chi connectivity index (χ4n) is 4.11. The van der Waals surface area contributed by atoms with Crippen LogP contribution in [0.15, 0.2) is 48.5 Å². The maximum atomic E-state index is 14.9. The van der Waals surface area contributed by atoms with Crippen LogP contribution in [0.5, 0.6) is 5.75 Å². The van der Waals surface area contributed by atoms with E-state index in [-0.39, 0.29) is 30.6 Å². The van der Waals surface area contributed by atoms with E-state index in [1.807, 2.05) is 6.92 Å². The van der Waals surface area contributed by atoms with E-state index >= 15 is 0 Å². The molecule has 1 aliphatic rings. The summed E-state index contributed by atoms with van der Waals surface area (Å²) in [5.74, 6) is -7.74. The van der Waals surface area contributed by atoms with Crippen LogP contribution >= 0.6 is 0 Å². The number of ether oxygens (including phenoxy) is 4. The molecule has 0 aromatic heterocycles. The average Bonchev–Trinajstić information content (AvgIpc) is 2.83. The van der Waals surface area contributed by atoms with Crippen LogP contribution in [0.25, 0.3) is 11.1 Å². The van der Waals surface area contributed by atoms with E-state index in [2.05, 4.69) is 4.74 Å². The Balaban J connectivity index is 1.51. The van der Waals surface area contributed by atoms with Gasteiger partial charge < -0.3 is 18.9 Å². The molecule has 1 saturated heterocycles. The van der Waals surface area contributed by atoms with Gasteiger partial charge in [0.25, 0.3) is 0 Å². The van der Waals surface area contributed by atoms with Crippen LogP contribution in [-0.4, -0.2) is 26.1 Å². The lowest BCUT2D eigenvalue weighted by Gasteiger charge is -2.29. The number of halogens is 7. The molecule has 4 rings (SSSR count). The van der Waals surface area contributed by atoms with Gasteiger partial charge in [-0.1, -0.05) is 12.1 Å². The lowest BCUT2D eigenvalue weighted by Crippen LogP contribution is -2.28. The molecule has 1 aliphatic heterocycles. The van der Waals surface area contributed by atoms with E-state index in [0.29, 0.717) is 55.3 Å². The lowest BCUT2D eigenvalue weighted by molar-refractivity contribution is -0.189. The van der Waals surface area contributed by atoms with Gasteiger partial charge in [-0.2, -0.15) is 8.78 Å². The molecule has 2 atom stereocenters. The van der Waals surface area contributed by atoms with Gasteiger partial charge in [0.15, 0.2) is 0 Å². The molecule has 11 heteroatoms. The van der Waals surface area contributed by atoms with Crippen molar-refractivity contribution in [1.29, 1.82) is 0 Å². The Kier molecular flexibility index (Phi) is 8.59. The lowest BCUT2D eigenvalue weighted by atomic mass is 9.96. The minimum Gasteiger partial charge on any atom is -0.429 e. The van der Waals surface area contributed by atoms with E-state index in [0.717, 1.165) is 6.07 Å². The summed E-state index contributed by atoms with van der Waals surface area (Å²) >= 11 is 0. The fraction of sp³-hybridized carbons (Fsp3) is 0.333. The van der Waals surface area contributed by atoms with Gasteiger partial charge in [-0.25, -0.2) is 22.0 Å². The molecule has 3 aromatic rings. The van der Waals surface area contributed by atoms with Crippen LogP contribution in [0, 0.1) is 29.1 Å². The Morgan fingerprint density at radius 2 is 1.55 bits per heavy atom. The molecule has 38 heavy (non-hydrogen) atoms. The zero-order valence-corrected chi connectivity index (χ0v) is 20.1. The summed E-state index contributed by atoms with van der Waals surface area (Å²) in [5.41, 5.74) is -1.87. The van der Waals surface area contributed by atoms with Crippen molar-refractivity contribution in [2.45, 2.75) is 38.1 Å². The average molecular weight is 544 g/mol. The molecule has 0 aliphatic carbocycles. The predicted molar refractivity (Wildman–Crippen MR) is 122 cm³/mol. The van der Waals surface area contributed by atoms with E-state index in [1.54, 1.807) is 0 Å². The highest BCUT2D eigenvalue weighted by atomic mass is 19.3. The molecular weight excluding hydrogens is 521 g/mol. The maximum absolute atomic E-state index is 14.9. The summed E-state index contributed by atoms with van der Waals surface area (Å²) < 4.78 is 121. The zero-order valence-electron chi connectivity index (χ0n) is 20.1. The van der Waals surface area contributed by atoms with Crippen molar-refractivity contribution in [1.82, 2.24) is 0 Å². The highest BCUT2D eigenvalue weighted by Gasteiger charge is 2.41. The second-order valence-electron chi connectivity index (χ2n) is 8.58. The van der Waals surface area contributed by atoms with Crippen molar-refractivity contribution in [3.63, 3.8) is 0 Å². The van der Waals surface area contributed by atoms with Crippen molar-refractivity contribution in [2.24, 2.45) is 0 Å². The minimum atomic E-state index is -4.63. The molecule has 0 amide bonds. The first kappa shape index (κ1) is 27.9. The predicted octanol–water partition coefficient (Wildman–Crippen LogP) is 7.41. The van der Waals surface area contributed by atoms with E-state index in [9.17, 15) is 30.7 Å². The third-order valence-corrected chi connectivity index (χ3v) is 5.92. The van der Waals surface area contributed by atoms with Crippen LogP contribution in [0.2, 0.25) is 0 Å². The van der Waals surface area contributed by atoms with Crippen LogP contribution in [0.4, 0.5) is 30.7 Å². The Morgan fingerprint density at radius 3 is 2.13 bits per heavy atom. The SMILES string of the molecule is CCOCOC1CCC(c2ccc(-c3cc(F)c(C(F)(F)Oc4cc(F)cc(F)c4)c(F)c3)c(F)c2)OC1. The largest absolute Gasteiger partial charge is 0.432 e. The number of hydrogen-bond donors (Lipinski definition) is 0. The monoisotopic (exact) mass is 544 g/mol. The van der Waals surface area contributed by atoms with Crippen molar-refractivity contribution < 1.29 is 49.7 Å². The number of alkyl halides is 2. The molecule has 0 bridgehead atoms. The van der Waals surface area contributed by atoms with Gasteiger partial charge in [0.2, 0.25) is 0 Å². The maximum Gasteiger partial charge on any atom is 0.432 e. The Hall–Kier alpha value is -3.15. The topological polar surface area (TPSA) is 36.9 Å². The molecule has 0 saturated carbocycles. The van der Waals surface area contributed by atoms with Gasteiger partial charge in [0.05, 0.1) is 18.8 Å². The smallest absolute Gasteiger partial charge is 0.429 e. The highest BCUT2D eigenvalue weighted by Crippen LogP contribution is 2.38. The molecule has 0 spiro atoms. The molecule has 204 valence electrons. The molecule has 2 unspecified atom stereocenters. The summed E-state index contributed by atoms with van der Waals surface area (Å²) in [7, 11) is 0. The number of benzene rings is 3. The molecule has 1 fully saturated rings. The van der Waals surface area contributed by atoms with Gasteiger partial charge in [0, 0.05) is 30.4 Å². The minimum absolute atomic E-state index is 0.145. The van der Waals surface area contributed by atoms with Crippen LogP contribution < -0.4 is 4.74 Å². The second-order valence-corrected chi connectivity index (χ2v) is 8.58. The van der Waals surface area contributed by atoms with Gasteiger partial charge in [-0.15, -0.1) is 0 Å². The summed E-state index contributed by atoms with van der Waals surface area (Å²) in [6, 6.07) is 6.27. The van der Waals surface area contributed by atoms with Crippen LogP contribution in [0.3, 0.4) is 0 Å². The Morgan fingerprint density at radius 1 is 0.868 bits per heavy atom. The van der Waals surface area contributed by atoms with Gasteiger partial charge in [0.1, 0.15) is 47.2 Å². The standard InChI is InChI=1S/C27H23F7O4/c1-2-35-14-37-19-4-6-25(36-13-19)15-3-5-21(22(30)7-15)16-8-23(31)26(24(32)9-16)27(33,34)38-20-11-17(28)10-18(29)12-20/h3,5,7-12,19,25H,2,4,6,13-14H2,1H3. The molecule has 4 nitrogen and oxygen atoms in total. The number of rotatable bonds is 9. The number of hydrogen-bond acceptors (Lipinski definition) is 4. The van der Waals surface area contributed by atoms with Crippen molar-refractivity contribution in [3.05, 3.63) is 88.7 Å². The van der Waals surface area contributed by atoms with E-state index in [1.165, 1.54) is 12.1 Å². The normalized spacial score (nSPS) is 18.0. The van der Waals surface area contributed by atoms with E-state index in [4.69, 9.17) is 14.2 Å². The summed E-state index contributed by atoms with van der Waals surface area (Å²) in [4.78, 5) is 0. The quantitative estimate of drug-likeness (QED) is 0.160. The van der Waals surface area contributed by atoms with Gasteiger partial charge in [-0.05, 0) is 49.1 Å². The summed E-state index contributed by atoms with van der Waals surface area (Å²) in [6.45, 7) is 2.78. The molecule has 1 heterocycles. The summed E-state index contributed by atoms with van der Waals surface area (Å²) in [6.07, 6.45) is -4.02. The molecular formula is C27H23F7O4. The first-order valence-corrected chi connectivity index (χ1v) is 11.7. The third kappa shape index (κ3) is 6.46. The molecule has 0 N–H and O–H groups in total. The Bertz CT molecular complexity index is 1230. The first-order chi connectivity index (χ1) is 18.1. The highest BCUT2D eigenvalue weighted by molar-refractivity contribution is 5.65. The van der Waals surface area contributed by atoms with Crippen molar-refractivity contribution in [3.8, 4) is 16.9 Å². The molecule has 3 aromatic carbocycles. The Labute approximate surface area is 213 Å². The summed E-state index contributed by atoms with van der Waals surface area (Å²) in [5, 5.41) is 0. The zero-order chi connectivity index (χ0) is 27.4. The first-order valence-electron chi connectivity index (χ1n) is 11.7. The van der Waals surface area contributed by atoms with Crippen molar-refractivity contribution in [2.75, 3.05) is 20.0 Å². The van der Waals surface area contributed by atoms with Crippen LogP contribution in [0.1, 0.15) is 37.0 Å².